The third kappa shape index (κ3) is 4.34. The van der Waals surface area contributed by atoms with Crippen LogP contribution in [-0.4, -0.2) is 63.6 Å². The Morgan fingerprint density at radius 2 is 1.97 bits per heavy atom. The molecule has 1 aliphatic carbocycles. The van der Waals surface area contributed by atoms with Gasteiger partial charge in [-0.1, -0.05) is 29.4 Å². The Labute approximate surface area is 226 Å². The van der Waals surface area contributed by atoms with E-state index in [4.69, 9.17) is 24.4 Å². The molecule has 6 rings (SSSR count). The average Bonchev–Trinajstić information content (AvgIpc) is 3.53. The van der Waals surface area contributed by atoms with Crippen LogP contribution in [0, 0.1) is 12.3 Å². The van der Waals surface area contributed by atoms with Crippen LogP contribution >= 0.6 is 23.4 Å². The number of nitrogens with zero attached hydrogens (tertiary/aromatic N) is 7. The van der Waals surface area contributed by atoms with Gasteiger partial charge in [-0.2, -0.15) is 0 Å². The number of imidazole rings is 1. The van der Waals surface area contributed by atoms with Gasteiger partial charge in [0, 0.05) is 48.5 Å². The lowest BCUT2D eigenvalue weighted by Crippen LogP contribution is -2.42. The van der Waals surface area contributed by atoms with Crippen molar-refractivity contribution in [3.8, 4) is 0 Å². The number of aromatic nitrogens is 5. The third-order valence-electron chi connectivity index (χ3n) is 7.59. The minimum atomic E-state index is -0.267. The molecule has 5 heterocycles. The second-order valence-electron chi connectivity index (χ2n) is 9.81. The first-order chi connectivity index (χ1) is 18.0. The molecule has 1 fully saturated rings. The van der Waals surface area contributed by atoms with Gasteiger partial charge in [0.2, 0.25) is 5.95 Å². The molecule has 0 bridgehead atoms. The van der Waals surface area contributed by atoms with Crippen LogP contribution in [0.3, 0.4) is 0 Å². The highest BCUT2D eigenvalue weighted by Crippen LogP contribution is 2.45. The quantitative estimate of drug-likeness (QED) is 0.296. The van der Waals surface area contributed by atoms with Crippen LogP contribution in [0.4, 0.5) is 11.8 Å². The molecule has 188 valence electrons. The zero-order chi connectivity index (χ0) is 25.6. The molecule has 37 heavy (non-hydrogen) atoms. The lowest BCUT2D eigenvalue weighted by Gasteiger charge is -2.40. The number of aryl methyl sites for hydroxylation is 1. The molecular formula is C26H27BClN7OS. The predicted molar refractivity (Wildman–Crippen MR) is 147 cm³/mol. The van der Waals surface area contributed by atoms with Gasteiger partial charge in [0.25, 0.3) is 0 Å². The van der Waals surface area contributed by atoms with Gasteiger partial charge in [-0.15, -0.1) is 0 Å². The van der Waals surface area contributed by atoms with E-state index in [0.717, 1.165) is 65.9 Å². The van der Waals surface area contributed by atoms with Crippen molar-refractivity contribution in [2.75, 3.05) is 36.1 Å². The average molecular weight is 532 g/mol. The Hall–Kier alpha value is -2.82. The first-order valence-electron chi connectivity index (χ1n) is 12.4. The highest BCUT2D eigenvalue weighted by Gasteiger charge is 2.41. The molecule has 0 unspecified atom stereocenters. The van der Waals surface area contributed by atoms with E-state index < -0.39 is 0 Å². The van der Waals surface area contributed by atoms with Crippen molar-refractivity contribution in [1.82, 2.24) is 24.3 Å². The van der Waals surface area contributed by atoms with E-state index in [2.05, 4.69) is 36.4 Å². The number of fused-ring (bicyclic) bond motifs is 2. The molecule has 1 spiro atoms. The van der Waals surface area contributed by atoms with E-state index in [0.29, 0.717) is 16.3 Å². The number of halogens is 1. The SMILES string of the molecule is [B]CN(CO)c1nccc(Sc2c(C)nc(N3CCC4(CC3)Cc3cccnc3C4)n3ccnc23)c1Cl. The number of rotatable bonds is 6. The summed E-state index contributed by atoms with van der Waals surface area (Å²) in [4.78, 5) is 24.3. The Morgan fingerprint density at radius 3 is 2.73 bits per heavy atom. The molecule has 11 heteroatoms. The predicted octanol–water partition coefficient (Wildman–Crippen LogP) is 3.90. The van der Waals surface area contributed by atoms with Gasteiger partial charge in [-0.3, -0.25) is 9.38 Å². The summed E-state index contributed by atoms with van der Waals surface area (Å²) in [6.45, 7) is 3.66. The molecule has 2 radical (unpaired) electrons. The fraction of sp³-hybridized carbons (Fsp3) is 0.385. The number of pyridine rings is 2. The summed E-state index contributed by atoms with van der Waals surface area (Å²) in [7, 11) is 5.75. The molecule has 2 aliphatic rings. The first kappa shape index (κ1) is 24.5. The summed E-state index contributed by atoms with van der Waals surface area (Å²) in [5.74, 6) is 1.37. The van der Waals surface area contributed by atoms with Gasteiger partial charge in [0.1, 0.15) is 12.5 Å². The first-order valence-corrected chi connectivity index (χ1v) is 13.6. The van der Waals surface area contributed by atoms with Crippen LogP contribution in [0.5, 0.6) is 0 Å². The van der Waals surface area contributed by atoms with Crippen molar-refractivity contribution < 1.29 is 5.11 Å². The molecule has 4 aromatic heterocycles. The fourth-order valence-electron chi connectivity index (χ4n) is 5.58. The normalized spacial score (nSPS) is 16.5. The molecular weight excluding hydrogens is 505 g/mol. The number of aliphatic hydroxyl groups is 1. The van der Waals surface area contributed by atoms with E-state index in [1.807, 2.05) is 31.6 Å². The van der Waals surface area contributed by atoms with Crippen LogP contribution in [0.15, 0.2) is 52.8 Å². The second kappa shape index (κ2) is 9.81. The van der Waals surface area contributed by atoms with Crippen molar-refractivity contribution in [1.29, 1.82) is 0 Å². The van der Waals surface area contributed by atoms with Crippen LogP contribution in [0.1, 0.15) is 29.8 Å². The van der Waals surface area contributed by atoms with Crippen molar-refractivity contribution in [2.45, 2.75) is 42.4 Å². The van der Waals surface area contributed by atoms with Crippen molar-refractivity contribution >= 4 is 48.6 Å². The number of anilines is 2. The Balaban J connectivity index is 1.26. The lowest BCUT2D eigenvalue weighted by molar-refractivity contribution is 0.230. The van der Waals surface area contributed by atoms with Crippen molar-refractivity contribution in [3.63, 3.8) is 0 Å². The van der Waals surface area contributed by atoms with Crippen LogP contribution in [0.2, 0.25) is 5.02 Å². The van der Waals surface area contributed by atoms with Gasteiger partial charge in [-0.05, 0) is 62.2 Å². The molecule has 1 saturated heterocycles. The van der Waals surface area contributed by atoms with Crippen LogP contribution < -0.4 is 9.80 Å². The highest BCUT2D eigenvalue weighted by molar-refractivity contribution is 7.99. The Kier molecular flexibility index (Phi) is 6.50. The second-order valence-corrected chi connectivity index (χ2v) is 11.2. The van der Waals surface area contributed by atoms with Crippen LogP contribution in [0.25, 0.3) is 5.65 Å². The van der Waals surface area contributed by atoms with E-state index in [1.165, 1.54) is 27.9 Å². The maximum atomic E-state index is 9.62. The fourth-order valence-corrected chi connectivity index (χ4v) is 6.89. The van der Waals surface area contributed by atoms with Gasteiger partial charge in [0.05, 0.1) is 23.5 Å². The van der Waals surface area contributed by atoms with Crippen molar-refractivity contribution in [3.05, 3.63) is 65.0 Å². The van der Waals surface area contributed by atoms with Gasteiger partial charge < -0.3 is 14.9 Å². The smallest absolute Gasteiger partial charge is 0.211 e. The lowest BCUT2D eigenvalue weighted by atomic mass is 9.76. The third-order valence-corrected chi connectivity index (χ3v) is 9.32. The summed E-state index contributed by atoms with van der Waals surface area (Å²) in [5.41, 5.74) is 4.74. The van der Waals surface area contributed by atoms with E-state index in [9.17, 15) is 5.11 Å². The minimum Gasteiger partial charge on any atom is -0.376 e. The largest absolute Gasteiger partial charge is 0.376 e. The zero-order valence-electron chi connectivity index (χ0n) is 20.6. The summed E-state index contributed by atoms with van der Waals surface area (Å²) < 4.78 is 2.08. The number of hydrogen-bond donors (Lipinski definition) is 1. The topological polar surface area (TPSA) is 82.7 Å². The highest BCUT2D eigenvalue weighted by atomic mass is 35.5. The minimum absolute atomic E-state index is 0.108. The standard InChI is InChI=1S/C26H27BClN7OS/c1-17-22(37-20-4-8-30-23(21(20)28)34(15-27)16-36)24-31-9-12-35(24)25(32-17)33-10-5-26(6-11-33)13-18-3-2-7-29-19(18)14-26/h2-4,7-9,12,36H,5-6,10-11,13-16H2,1H3. The molecule has 0 aromatic carbocycles. The maximum Gasteiger partial charge on any atom is 0.211 e. The van der Waals surface area contributed by atoms with E-state index in [1.54, 1.807) is 6.20 Å². The van der Waals surface area contributed by atoms with E-state index >= 15 is 0 Å². The van der Waals surface area contributed by atoms with Gasteiger partial charge in [-0.25, -0.2) is 15.0 Å². The Morgan fingerprint density at radius 1 is 1.14 bits per heavy atom. The summed E-state index contributed by atoms with van der Waals surface area (Å²) in [6.07, 6.45) is 11.9. The molecule has 4 aromatic rings. The van der Waals surface area contributed by atoms with Crippen molar-refractivity contribution in [2.24, 2.45) is 5.41 Å². The molecule has 0 atom stereocenters. The number of piperidine rings is 1. The van der Waals surface area contributed by atoms with Gasteiger partial charge in [0.15, 0.2) is 5.65 Å². The van der Waals surface area contributed by atoms with E-state index in [-0.39, 0.29) is 13.2 Å². The summed E-state index contributed by atoms with van der Waals surface area (Å²) >= 11 is 8.18. The molecule has 0 saturated carbocycles. The summed E-state index contributed by atoms with van der Waals surface area (Å²) in [5, 5.41) is 10.1. The molecule has 8 nitrogen and oxygen atoms in total. The number of aliphatic hydroxyl groups excluding tert-OH is 1. The molecule has 1 aliphatic heterocycles. The molecule has 0 amide bonds. The summed E-state index contributed by atoms with van der Waals surface area (Å²) in [6, 6.07) is 6.14. The van der Waals surface area contributed by atoms with Crippen LogP contribution in [-0.2, 0) is 12.8 Å². The maximum absolute atomic E-state index is 9.62. The number of hydrogen-bond acceptors (Lipinski definition) is 8. The van der Waals surface area contributed by atoms with Gasteiger partial charge >= 0.3 is 0 Å². The Bertz CT molecular complexity index is 1430. The monoisotopic (exact) mass is 531 g/mol. The zero-order valence-corrected chi connectivity index (χ0v) is 22.2. The molecule has 1 N–H and O–H groups in total.